The summed E-state index contributed by atoms with van der Waals surface area (Å²) in [5.41, 5.74) is 7.53. The van der Waals surface area contributed by atoms with Gasteiger partial charge in [0, 0.05) is 11.3 Å². The predicted molar refractivity (Wildman–Crippen MR) is 58.7 cm³/mol. The maximum absolute atomic E-state index is 11.9. The van der Waals surface area contributed by atoms with Crippen molar-refractivity contribution >= 4 is 11.6 Å². The normalized spacial score (nSPS) is 11.4. The van der Waals surface area contributed by atoms with Crippen LogP contribution in [0.4, 0.5) is 18.9 Å². The highest BCUT2D eigenvalue weighted by Gasteiger charge is 2.28. The number of alkyl halides is 3. The number of nitrogens with two attached hydrogens (primary N) is 1. The van der Waals surface area contributed by atoms with Gasteiger partial charge < -0.3 is 11.1 Å². The number of nitrogens with one attached hydrogen (secondary N) is 1. The van der Waals surface area contributed by atoms with Crippen LogP contribution >= 0.6 is 0 Å². The van der Waals surface area contributed by atoms with Gasteiger partial charge in [0.05, 0.1) is 0 Å². The second-order valence-corrected chi connectivity index (χ2v) is 3.82. The molecule has 0 spiro atoms. The van der Waals surface area contributed by atoms with Crippen LogP contribution in [0.15, 0.2) is 12.1 Å². The summed E-state index contributed by atoms with van der Waals surface area (Å²) in [6.07, 6.45) is -4.42. The third-order valence-electron chi connectivity index (χ3n) is 2.31. The van der Waals surface area contributed by atoms with Gasteiger partial charge in [-0.3, -0.25) is 4.79 Å². The van der Waals surface area contributed by atoms with Crippen LogP contribution in [0.25, 0.3) is 0 Å². The highest BCUT2D eigenvalue weighted by Crippen LogP contribution is 2.18. The number of carbonyl (C=O) groups is 1. The molecular weight excluding hydrogens is 233 g/mol. The van der Waals surface area contributed by atoms with E-state index in [1.165, 1.54) is 6.07 Å². The van der Waals surface area contributed by atoms with E-state index in [-0.39, 0.29) is 5.56 Å². The fourth-order valence-corrected chi connectivity index (χ4v) is 1.39. The first-order chi connectivity index (χ1) is 7.70. The van der Waals surface area contributed by atoms with E-state index in [2.05, 4.69) is 0 Å². The molecule has 94 valence electrons. The average molecular weight is 246 g/mol. The summed E-state index contributed by atoms with van der Waals surface area (Å²) in [5.74, 6) is -0.772. The van der Waals surface area contributed by atoms with Crippen LogP contribution in [0.1, 0.15) is 21.5 Å². The molecule has 0 fully saturated rings. The van der Waals surface area contributed by atoms with E-state index in [4.69, 9.17) is 5.73 Å². The molecule has 6 heteroatoms. The van der Waals surface area contributed by atoms with Crippen molar-refractivity contribution in [3.63, 3.8) is 0 Å². The van der Waals surface area contributed by atoms with Crippen molar-refractivity contribution in [2.24, 2.45) is 0 Å². The highest BCUT2D eigenvalue weighted by atomic mass is 19.4. The van der Waals surface area contributed by atoms with E-state index >= 15 is 0 Å². The zero-order chi connectivity index (χ0) is 13.2. The molecule has 0 bridgehead atoms. The summed E-state index contributed by atoms with van der Waals surface area (Å²) >= 11 is 0. The maximum Gasteiger partial charge on any atom is 0.405 e. The maximum atomic E-state index is 11.9. The van der Waals surface area contributed by atoms with E-state index in [0.717, 1.165) is 5.56 Å². The second-order valence-electron chi connectivity index (χ2n) is 3.82. The molecule has 3 N–H and O–H groups in total. The predicted octanol–water partition coefficient (Wildman–Crippen LogP) is 2.18. The lowest BCUT2D eigenvalue weighted by molar-refractivity contribution is -0.123. The quantitative estimate of drug-likeness (QED) is 0.786. The van der Waals surface area contributed by atoms with Gasteiger partial charge in [-0.2, -0.15) is 13.2 Å². The van der Waals surface area contributed by atoms with Crippen LogP contribution in [0, 0.1) is 13.8 Å². The molecule has 3 nitrogen and oxygen atoms in total. The minimum atomic E-state index is -4.42. The first-order valence-corrected chi connectivity index (χ1v) is 4.92. The van der Waals surface area contributed by atoms with E-state index in [1.807, 2.05) is 0 Å². The van der Waals surface area contributed by atoms with Crippen LogP contribution in [0.5, 0.6) is 0 Å². The van der Waals surface area contributed by atoms with Crippen molar-refractivity contribution in [3.8, 4) is 0 Å². The van der Waals surface area contributed by atoms with Crippen LogP contribution in [0.2, 0.25) is 0 Å². The lowest BCUT2D eigenvalue weighted by Gasteiger charge is -2.11. The molecule has 0 heterocycles. The van der Waals surface area contributed by atoms with E-state index < -0.39 is 18.6 Å². The van der Waals surface area contributed by atoms with E-state index in [1.54, 1.807) is 25.2 Å². The van der Waals surface area contributed by atoms with E-state index in [9.17, 15) is 18.0 Å². The molecule has 0 saturated carbocycles. The lowest BCUT2D eigenvalue weighted by atomic mass is 10.0. The van der Waals surface area contributed by atoms with Gasteiger partial charge in [-0.1, -0.05) is 6.07 Å². The third kappa shape index (κ3) is 3.65. The Morgan fingerprint density at radius 2 is 1.88 bits per heavy atom. The number of aryl methyl sites for hydroxylation is 2. The molecule has 0 atom stereocenters. The number of halogens is 3. The summed E-state index contributed by atoms with van der Waals surface area (Å²) in [6, 6.07) is 3.05. The van der Waals surface area contributed by atoms with Gasteiger partial charge in [-0.15, -0.1) is 0 Å². The molecular formula is C11H13F3N2O. The largest absolute Gasteiger partial charge is 0.405 e. The monoisotopic (exact) mass is 246 g/mol. The Balaban J connectivity index is 2.86. The molecule has 0 aliphatic rings. The summed E-state index contributed by atoms with van der Waals surface area (Å²) in [7, 11) is 0. The van der Waals surface area contributed by atoms with Crippen LogP contribution < -0.4 is 11.1 Å². The Hall–Kier alpha value is -1.72. The molecule has 0 aliphatic heterocycles. The number of nitrogen functional groups attached to an aromatic ring is 1. The smallest absolute Gasteiger partial charge is 0.398 e. The topological polar surface area (TPSA) is 55.1 Å². The fourth-order valence-electron chi connectivity index (χ4n) is 1.39. The van der Waals surface area contributed by atoms with Gasteiger partial charge >= 0.3 is 6.18 Å². The zero-order valence-electron chi connectivity index (χ0n) is 9.48. The summed E-state index contributed by atoms with van der Waals surface area (Å²) in [5, 5.41) is 1.81. The summed E-state index contributed by atoms with van der Waals surface area (Å²) in [6.45, 7) is 2.06. The molecule has 1 amide bonds. The fraction of sp³-hybridized carbons (Fsp3) is 0.364. The first-order valence-electron chi connectivity index (χ1n) is 4.92. The van der Waals surface area contributed by atoms with Crippen molar-refractivity contribution in [1.82, 2.24) is 5.32 Å². The van der Waals surface area contributed by atoms with Crippen molar-refractivity contribution in [1.29, 1.82) is 0 Å². The van der Waals surface area contributed by atoms with Gasteiger partial charge in [0.25, 0.3) is 5.91 Å². The van der Waals surface area contributed by atoms with Crippen LogP contribution in [-0.2, 0) is 0 Å². The molecule has 1 aromatic rings. The van der Waals surface area contributed by atoms with Crippen molar-refractivity contribution in [2.45, 2.75) is 20.0 Å². The highest BCUT2D eigenvalue weighted by molar-refractivity contribution is 5.96. The number of benzene rings is 1. The molecule has 0 aliphatic carbocycles. The summed E-state index contributed by atoms with van der Waals surface area (Å²) < 4.78 is 35.8. The van der Waals surface area contributed by atoms with Crippen molar-refractivity contribution < 1.29 is 18.0 Å². The number of amides is 1. The van der Waals surface area contributed by atoms with Gasteiger partial charge in [-0.05, 0) is 31.0 Å². The number of hydrogen-bond acceptors (Lipinski definition) is 2. The second kappa shape index (κ2) is 4.65. The van der Waals surface area contributed by atoms with Crippen molar-refractivity contribution in [2.75, 3.05) is 12.3 Å². The van der Waals surface area contributed by atoms with Crippen LogP contribution in [-0.4, -0.2) is 18.6 Å². The molecule has 0 saturated heterocycles. The molecule has 0 unspecified atom stereocenters. The Bertz CT molecular complexity index is 441. The number of anilines is 1. The van der Waals surface area contributed by atoms with Gasteiger partial charge in [0.1, 0.15) is 6.54 Å². The third-order valence-corrected chi connectivity index (χ3v) is 2.31. The van der Waals surface area contributed by atoms with E-state index in [0.29, 0.717) is 11.3 Å². The SMILES string of the molecule is Cc1cc(C)c(C(=O)NCC(F)(F)F)cc1N. The molecule has 0 radical (unpaired) electrons. The lowest BCUT2D eigenvalue weighted by Crippen LogP contribution is -2.34. The zero-order valence-corrected chi connectivity index (χ0v) is 9.48. The first kappa shape index (κ1) is 13.3. The number of hydrogen-bond donors (Lipinski definition) is 2. The number of rotatable bonds is 2. The van der Waals surface area contributed by atoms with Gasteiger partial charge in [-0.25, -0.2) is 0 Å². The minimum absolute atomic E-state index is 0.164. The van der Waals surface area contributed by atoms with Gasteiger partial charge in [0.2, 0.25) is 0 Å². The Morgan fingerprint density at radius 3 is 2.41 bits per heavy atom. The number of carbonyl (C=O) groups excluding carboxylic acids is 1. The molecule has 1 rings (SSSR count). The summed E-state index contributed by atoms with van der Waals surface area (Å²) in [4.78, 5) is 11.5. The average Bonchev–Trinajstić information content (AvgIpc) is 2.19. The Kier molecular flexibility index (Phi) is 3.65. The standard InChI is InChI=1S/C11H13F3N2O/c1-6-3-7(2)9(15)4-8(6)10(17)16-5-11(12,13)14/h3-4H,5,15H2,1-2H3,(H,16,17). The minimum Gasteiger partial charge on any atom is -0.398 e. The van der Waals surface area contributed by atoms with Crippen molar-refractivity contribution in [3.05, 3.63) is 28.8 Å². The Morgan fingerprint density at radius 1 is 1.29 bits per heavy atom. The Labute approximate surface area is 96.8 Å². The molecule has 1 aromatic carbocycles. The molecule has 17 heavy (non-hydrogen) atoms. The van der Waals surface area contributed by atoms with Gasteiger partial charge in [0.15, 0.2) is 0 Å². The molecule has 0 aromatic heterocycles. The van der Waals surface area contributed by atoms with Crippen LogP contribution in [0.3, 0.4) is 0 Å².